The molecule has 0 bridgehead atoms. The Morgan fingerprint density at radius 1 is 1.16 bits per heavy atom. The van der Waals surface area contributed by atoms with E-state index in [9.17, 15) is 4.39 Å². The molecule has 0 radical (unpaired) electrons. The first kappa shape index (κ1) is 13.6. The third kappa shape index (κ3) is 3.12. The van der Waals surface area contributed by atoms with E-state index in [-0.39, 0.29) is 12.4 Å². The molecule has 2 aromatic rings. The summed E-state index contributed by atoms with van der Waals surface area (Å²) < 4.78 is 19.6. The lowest BCUT2D eigenvalue weighted by molar-refractivity contribution is 0.207. The highest BCUT2D eigenvalue weighted by Crippen LogP contribution is 2.26. The van der Waals surface area contributed by atoms with Gasteiger partial charge in [0.05, 0.1) is 0 Å². The number of hydrogen-bond acceptors (Lipinski definition) is 2. The number of halogens is 1. The molecule has 0 saturated heterocycles. The van der Waals surface area contributed by atoms with Crippen LogP contribution in [0.25, 0.3) is 0 Å². The average molecular weight is 259 g/mol. The Hall–Kier alpha value is -1.87. The highest BCUT2D eigenvalue weighted by Gasteiger charge is 2.16. The molecule has 0 heterocycles. The van der Waals surface area contributed by atoms with Gasteiger partial charge in [0.1, 0.15) is 17.7 Å². The van der Waals surface area contributed by atoms with E-state index in [2.05, 4.69) is 0 Å². The number of benzene rings is 2. The van der Waals surface area contributed by atoms with Gasteiger partial charge in [0, 0.05) is 12.1 Å². The summed E-state index contributed by atoms with van der Waals surface area (Å²) in [6.07, 6.45) is -0.470. The summed E-state index contributed by atoms with van der Waals surface area (Å²) in [4.78, 5) is 0. The van der Waals surface area contributed by atoms with Crippen LogP contribution in [0.1, 0.15) is 22.8 Å². The molecule has 1 unspecified atom stereocenters. The van der Waals surface area contributed by atoms with Crippen molar-refractivity contribution in [1.29, 1.82) is 0 Å². The summed E-state index contributed by atoms with van der Waals surface area (Å²) in [6.45, 7) is 4.22. The minimum Gasteiger partial charge on any atom is -0.484 e. The lowest BCUT2D eigenvalue weighted by atomic mass is 10.1. The van der Waals surface area contributed by atoms with E-state index in [1.807, 2.05) is 32.0 Å². The van der Waals surface area contributed by atoms with Crippen molar-refractivity contribution in [2.24, 2.45) is 5.73 Å². The topological polar surface area (TPSA) is 35.2 Å². The van der Waals surface area contributed by atoms with Gasteiger partial charge in [0.15, 0.2) is 0 Å². The fourth-order valence-corrected chi connectivity index (χ4v) is 2.06. The summed E-state index contributed by atoms with van der Waals surface area (Å²) in [5, 5.41) is 0. The molecular weight excluding hydrogens is 241 g/mol. The van der Waals surface area contributed by atoms with E-state index in [4.69, 9.17) is 10.5 Å². The maximum Gasteiger partial charge on any atom is 0.139 e. The highest BCUT2D eigenvalue weighted by molar-refractivity contribution is 5.36. The standard InChI is InChI=1S/C16H18FNO/c1-11-7-8-15(12(2)9-11)19-16(10-18)13-5-3-4-6-14(13)17/h3-9,16H,10,18H2,1-2H3. The van der Waals surface area contributed by atoms with Crippen molar-refractivity contribution >= 4 is 0 Å². The zero-order valence-electron chi connectivity index (χ0n) is 11.2. The molecule has 0 fully saturated rings. The molecule has 100 valence electrons. The molecule has 1 atom stereocenters. The summed E-state index contributed by atoms with van der Waals surface area (Å²) in [7, 11) is 0. The maximum absolute atomic E-state index is 13.8. The molecular formula is C16H18FNO. The van der Waals surface area contributed by atoms with Gasteiger partial charge in [-0.15, -0.1) is 0 Å². The molecule has 0 saturated carbocycles. The molecule has 2 nitrogen and oxygen atoms in total. The Morgan fingerprint density at radius 3 is 2.53 bits per heavy atom. The number of ether oxygens (including phenoxy) is 1. The summed E-state index contributed by atoms with van der Waals surface area (Å²) in [5.41, 5.74) is 8.39. The van der Waals surface area contributed by atoms with E-state index >= 15 is 0 Å². The Balaban J connectivity index is 2.27. The SMILES string of the molecule is Cc1ccc(OC(CN)c2ccccc2F)c(C)c1. The third-order valence-corrected chi connectivity index (χ3v) is 3.07. The van der Waals surface area contributed by atoms with Gasteiger partial charge >= 0.3 is 0 Å². The number of rotatable bonds is 4. The van der Waals surface area contributed by atoms with Crippen molar-refractivity contribution in [2.45, 2.75) is 20.0 Å². The number of nitrogens with two attached hydrogens (primary N) is 1. The van der Waals surface area contributed by atoms with Gasteiger partial charge in [-0.25, -0.2) is 4.39 Å². The maximum atomic E-state index is 13.8. The first-order chi connectivity index (χ1) is 9.11. The van der Waals surface area contributed by atoms with Crippen LogP contribution in [0.3, 0.4) is 0 Å². The van der Waals surface area contributed by atoms with Crippen LogP contribution in [0.5, 0.6) is 5.75 Å². The van der Waals surface area contributed by atoms with Crippen LogP contribution >= 0.6 is 0 Å². The molecule has 2 aromatic carbocycles. The largest absolute Gasteiger partial charge is 0.484 e. The minimum atomic E-state index is -0.470. The van der Waals surface area contributed by atoms with Gasteiger partial charge in [0.2, 0.25) is 0 Å². The highest BCUT2D eigenvalue weighted by atomic mass is 19.1. The molecule has 0 aliphatic heterocycles. The molecule has 0 amide bonds. The monoisotopic (exact) mass is 259 g/mol. The molecule has 19 heavy (non-hydrogen) atoms. The van der Waals surface area contributed by atoms with Crippen LogP contribution in [0.4, 0.5) is 4.39 Å². The summed E-state index contributed by atoms with van der Waals surface area (Å²) in [5.74, 6) is 0.451. The van der Waals surface area contributed by atoms with Gasteiger partial charge < -0.3 is 10.5 Å². The van der Waals surface area contributed by atoms with Crippen LogP contribution in [0, 0.1) is 19.7 Å². The second kappa shape index (κ2) is 5.85. The Morgan fingerprint density at radius 2 is 1.89 bits per heavy atom. The zero-order valence-corrected chi connectivity index (χ0v) is 11.2. The van der Waals surface area contributed by atoms with Crippen molar-refractivity contribution in [2.75, 3.05) is 6.54 Å². The van der Waals surface area contributed by atoms with Crippen LogP contribution < -0.4 is 10.5 Å². The summed E-state index contributed by atoms with van der Waals surface area (Å²) in [6, 6.07) is 12.5. The summed E-state index contributed by atoms with van der Waals surface area (Å²) >= 11 is 0. The molecule has 0 aliphatic carbocycles. The van der Waals surface area contributed by atoms with Gasteiger partial charge in [-0.2, -0.15) is 0 Å². The molecule has 3 heteroatoms. The number of hydrogen-bond donors (Lipinski definition) is 1. The van der Waals surface area contributed by atoms with Gasteiger partial charge in [-0.1, -0.05) is 35.9 Å². The van der Waals surface area contributed by atoms with Gasteiger partial charge in [0.25, 0.3) is 0 Å². The quantitative estimate of drug-likeness (QED) is 0.911. The number of aryl methyl sites for hydroxylation is 2. The lowest BCUT2D eigenvalue weighted by Gasteiger charge is -2.20. The second-order valence-corrected chi connectivity index (χ2v) is 4.63. The lowest BCUT2D eigenvalue weighted by Crippen LogP contribution is -2.20. The van der Waals surface area contributed by atoms with E-state index in [1.165, 1.54) is 11.6 Å². The fourth-order valence-electron chi connectivity index (χ4n) is 2.06. The normalized spacial score (nSPS) is 12.2. The van der Waals surface area contributed by atoms with Crippen LogP contribution in [0.2, 0.25) is 0 Å². The Kier molecular flexibility index (Phi) is 4.17. The van der Waals surface area contributed by atoms with Crippen molar-refractivity contribution in [3.63, 3.8) is 0 Å². The van der Waals surface area contributed by atoms with E-state index in [0.717, 1.165) is 11.3 Å². The van der Waals surface area contributed by atoms with Crippen molar-refractivity contribution in [1.82, 2.24) is 0 Å². The first-order valence-electron chi connectivity index (χ1n) is 6.30. The van der Waals surface area contributed by atoms with E-state index < -0.39 is 6.10 Å². The van der Waals surface area contributed by atoms with Crippen molar-refractivity contribution < 1.29 is 9.13 Å². The van der Waals surface area contributed by atoms with E-state index in [0.29, 0.717) is 5.56 Å². The van der Waals surface area contributed by atoms with Crippen molar-refractivity contribution in [3.8, 4) is 5.75 Å². The fraction of sp³-hybridized carbons (Fsp3) is 0.250. The van der Waals surface area contributed by atoms with Gasteiger partial charge in [-0.3, -0.25) is 0 Å². The minimum absolute atomic E-state index is 0.230. The smallest absolute Gasteiger partial charge is 0.139 e. The molecule has 2 N–H and O–H groups in total. The molecule has 0 aliphatic rings. The predicted octanol–water partition coefficient (Wildman–Crippen LogP) is 3.52. The molecule has 2 rings (SSSR count). The predicted molar refractivity (Wildman–Crippen MR) is 74.7 cm³/mol. The second-order valence-electron chi connectivity index (χ2n) is 4.63. The van der Waals surface area contributed by atoms with Crippen LogP contribution in [0.15, 0.2) is 42.5 Å². The average Bonchev–Trinajstić information content (AvgIpc) is 2.39. The first-order valence-corrected chi connectivity index (χ1v) is 6.30. The third-order valence-electron chi connectivity index (χ3n) is 3.07. The molecule has 0 aromatic heterocycles. The van der Waals surface area contributed by atoms with Gasteiger partial charge in [-0.05, 0) is 31.5 Å². The zero-order chi connectivity index (χ0) is 13.8. The van der Waals surface area contributed by atoms with E-state index in [1.54, 1.807) is 18.2 Å². The van der Waals surface area contributed by atoms with Crippen LogP contribution in [-0.4, -0.2) is 6.54 Å². The Labute approximate surface area is 113 Å². The van der Waals surface area contributed by atoms with Crippen LogP contribution in [-0.2, 0) is 0 Å². The van der Waals surface area contributed by atoms with Crippen molar-refractivity contribution in [3.05, 3.63) is 65.0 Å². The molecule has 0 spiro atoms. The Bertz CT molecular complexity index is 568.